The van der Waals surface area contributed by atoms with Crippen LogP contribution in [0.15, 0.2) is 29.2 Å². The van der Waals surface area contributed by atoms with Gasteiger partial charge in [0.1, 0.15) is 5.25 Å². The topological polar surface area (TPSA) is 76.2 Å². The maximum absolute atomic E-state index is 13.2. The molecule has 2 aliphatic heterocycles. The Morgan fingerprint density at radius 3 is 2.29 bits per heavy atom. The van der Waals surface area contributed by atoms with Crippen molar-refractivity contribution in [3.05, 3.63) is 29.8 Å². The normalized spacial score (nSPS) is 23.4. The van der Waals surface area contributed by atoms with Gasteiger partial charge in [-0.15, -0.1) is 11.8 Å². The Bertz CT molecular complexity index is 799. The van der Waals surface area contributed by atoms with E-state index in [0.717, 1.165) is 4.90 Å². The van der Waals surface area contributed by atoms with Crippen LogP contribution in [0.25, 0.3) is 0 Å². The number of likely N-dealkylation sites (tertiary alicyclic amines) is 1. The van der Waals surface area contributed by atoms with Gasteiger partial charge in [-0.1, -0.05) is 12.1 Å². The fraction of sp³-hybridized carbons (Fsp3) is 0.609. The minimum atomic E-state index is -0.402. The number of benzene rings is 1. The molecule has 3 atom stereocenters. The number of esters is 1. The largest absolute Gasteiger partial charge is 0.468 e. The molecule has 2 amide bonds. The van der Waals surface area contributed by atoms with Gasteiger partial charge in [0, 0.05) is 37.0 Å². The lowest BCUT2D eigenvalue weighted by molar-refractivity contribution is -0.148. The summed E-state index contributed by atoms with van der Waals surface area (Å²) < 4.78 is 10.5. The van der Waals surface area contributed by atoms with E-state index in [4.69, 9.17) is 9.47 Å². The van der Waals surface area contributed by atoms with Crippen LogP contribution in [0.2, 0.25) is 0 Å². The zero-order valence-electron chi connectivity index (χ0n) is 18.7. The summed E-state index contributed by atoms with van der Waals surface area (Å²) in [5.74, 6) is -0.250. The molecule has 0 saturated carbocycles. The summed E-state index contributed by atoms with van der Waals surface area (Å²) in [5.41, 5.74) is 0.587. The number of carbonyl (C=O) groups excluding carboxylic acids is 3. The molecule has 170 valence electrons. The van der Waals surface area contributed by atoms with E-state index in [1.807, 2.05) is 41.8 Å². The van der Waals surface area contributed by atoms with Crippen LogP contribution >= 0.6 is 11.8 Å². The lowest BCUT2D eigenvalue weighted by atomic mass is 9.94. The first kappa shape index (κ1) is 23.6. The number of amides is 2. The zero-order valence-corrected chi connectivity index (χ0v) is 19.5. The van der Waals surface area contributed by atoms with Gasteiger partial charge in [-0.25, -0.2) is 0 Å². The third-order valence-electron chi connectivity index (χ3n) is 5.82. The van der Waals surface area contributed by atoms with Crippen molar-refractivity contribution in [3.63, 3.8) is 0 Å². The van der Waals surface area contributed by atoms with Gasteiger partial charge in [0.05, 0.1) is 24.9 Å². The third kappa shape index (κ3) is 5.80. The van der Waals surface area contributed by atoms with Crippen LogP contribution in [0.5, 0.6) is 0 Å². The first-order chi connectivity index (χ1) is 14.8. The number of carbonyl (C=O) groups is 3. The quantitative estimate of drug-likeness (QED) is 0.509. The molecule has 7 nitrogen and oxygen atoms in total. The van der Waals surface area contributed by atoms with Crippen LogP contribution in [0.1, 0.15) is 44.0 Å². The van der Waals surface area contributed by atoms with Crippen molar-refractivity contribution >= 4 is 29.5 Å². The molecule has 0 spiro atoms. The van der Waals surface area contributed by atoms with Gasteiger partial charge >= 0.3 is 5.97 Å². The molecule has 0 aliphatic carbocycles. The highest BCUT2D eigenvalue weighted by atomic mass is 32.2. The van der Waals surface area contributed by atoms with Gasteiger partial charge in [0.25, 0.3) is 5.91 Å². The first-order valence-electron chi connectivity index (χ1n) is 10.9. The van der Waals surface area contributed by atoms with Crippen LogP contribution < -0.4 is 0 Å². The Morgan fingerprint density at radius 2 is 1.68 bits per heavy atom. The van der Waals surface area contributed by atoms with E-state index in [0.29, 0.717) is 44.6 Å². The van der Waals surface area contributed by atoms with Gasteiger partial charge in [0.15, 0.2) is 0 Å². The van der Waals surface area contributed by atoms with Crippen molar-refractivity contribution in [2.45, 2.75) is 56.0 Å². The standard InChI is InChI=1S/C23H32N2O5S/c1-15-13-25(14-16(2)30-15)21(26)18-9-11-24(12-10-18)22(27)19-7-5-6-8-20(19)31-17(3)23(28)29-4/h5-8,15-18H,9-14H2,1-4H3. The van der Waals surface area contributed by atoms with E-state index in [9.17, 15) is 14.4 Å². The van der Waals surface area contributed by atoms with Gasteiger partial charge in [0.2, 0.25) is 5.91 Å². The molecule has 3 unspecified atom stereocenters. The first-order valence-corrected chi connectivity index (χ1v) is 11.7. The van der Waals surface area contributed by atoms with Crippen molar-refractivity contribution in [1.29, 1.82) is 0 Å². The lowest BCUT2D eigenvalue weighted by Gasteiger charge is -2.39. The molecule has 0 aromatic heterocycles. The number of thioether (sulfide) groups is 1. The van der Waals surface area contributed by atoms with E-state index in [2.05, 4.69) is 0 Å². The van der Waals surface area contributed by atoms with Crippen molar-refractivity contribution < 1.29 is 23.9 Å². The van der Waals surface area contributed by atoms with E-state index in [1.165, 1.54) is 18.9 Å². The minimum Gasteiger partial charge on any atom is -0.468 e. The molecule has 0 bridgehead atoms. The summed E-state index contributed by atoms with van der Waals surface area (Å²) in [6, 6.07) is 7.34. The third-order valence-corrected chi connectivity index (χ3v) is 6.97. The average molecular weight is 449 g/mol. The van der Waals surface area contributed by atoms with Gasteiger partial charge in [-0.3, -0.25) is 14.4 Å². The van der Waals surface area contributed by atoms with Crippen LogP contribution in [-0.4, -0.2) is 78.3 Å². The molecule has 2 heterocycles. The Kier molecular flexibility index (Phi) is 8.00. The molecule has 1 aromatic rings. The second kappa shape index (κ2) is 10.5. The number of hydrogen-bond donors (Lipinski definition) is 0. The molecule has 8 heteroatoms. The van der Waals surface area contributed by atoms with Crippen LogP contribution in [0, 0.1) is 5.92 Å². The summed E-state index contributed by atoms with van der Waals surface area (Å²) >= 11 is 1.33. The van der Waals surface area contributed by atoms with Gasteiger partial charge in [-0.2, -0.15) is 0 Å². The number of hydrogen-bond acceptors (Lipinski definition) is 6. The summed E-state index contributed by atoms with van der Waals surface area (Å²) in [4.78, 5) is 42.5. The molecular weight excluding hydrogens is 416 g/mol. The van der Waals surface area contributed by atoms with Crippen molar-refractivity contribution in [3.8, 4) is 0 Å². The highest BCUT2D eigenvalue weighted by Crippen LogP contribution is 2.30. The number of methoxy groups -OCH3 is 1. The second-order valence-corrected chi connectivity index (χ2v) is 9.73. The summed E-state index contributed by atoms with van der Waals surface area (Å²) in [6.07, 6.45) is 1.43. The number of ether oxygens (including phenoxy) is 2. The number of morpholine rings is 1. The Labute approximate surface area is 188 Å². The van der Waals surface area contributed by atoms with E-state index in [1.54, 1.807) is 13.0 Å². The molecular formula is C23H32N2O5S. The highest BCUT2D eigenvalue weighted by molar-refractivity contribution is 8.00. The van der Waals surface area contributed by atoms with Crippen LogP contribution in [0.3, 0.4) is 0 Å². The number of nitrogens with zero attached hydrogens (tertiary/aromatic N) is 2. The lowest BCUT2D eigenvalue weighted by Crippen LogP contribution is -2.51. The molecule has 2 fully saturated rings. The Hall–Kier alpha value is -2.06. The average Bonchev–Trinajstić information content (AvgIpc) is 2.77. The van der Waals surface area contributed by atoms with E-state index < -0.39 is 5.25 Å². The summed E-state index contributed by atoms with van der Waals surface area (Å²) in [7, 11) is 1.36. The predicted octanol–water partition coefficient (Wildman–Crippen LogP) is 2.83. The molecule has 3 rings (SSSR count). The van der Waals surface area contributed by atoms with Crippen molar-refractivity contribution in [1.82, 2.24) is 9.80 Å². The molecule has 0 N–H and O–H groups in total. The minimum absolute atomic E-state index is 0.0504. The van der Waals surface area contributed by atoms with Crippen LogP contribution in [-0.2, 0) is 19.1 Å². The second-order valence-electron chi connectivity index (χ2n) is 8.35. The van der Waals surface area contributed by atoms with Gasteiger partial charge < -0.3 is 19.3 Å². The summed E-state index contributed by atoms with van der Waals surface area (Å²) in [6.45, 7) is 8.12. The number of rotatable bonds is 5. The Balaban J connectivity index is 1.61. The van der Waals surface area contributed by atoms with Crippen molar-refractivity contribution in [2.75, 3.05) is 33.3 Å². The molecule has 0 radical (unpaired) electrons. The fourth-order valence-corrected chi connectivity index (χ4v) is 5.28. The maximum Gasteiger partial charge on any atom is 0.318 e. The molecule has 1 aromatic carbocycles. The van der Waals surface area contributed by atoms with E-state index in [-0.39, 0.29) is 35.9 Å². The predicted molar refractivity (Wildman–Crippen MR) is 119 cm³/mol. The maximum atomic E-state index is 13.2. The molecule has 2 aliphatic rings. The molecule has 2 saturated heterocycles. The monoisotopic (exact) mass is 448 g/mol. The fourth-order valence-electron chi connectivity index (χ4n) is 4.27. The summed E-state index contributed by atoms with van der Waals surface area (Å²) in [5, 5.41) is -0.402. The number of piperidine rings is 1. The molecule has 31 heavy (non-hydrogen) atoms. The smallest absolute Gasteiger partial charge is 0.318 e. The van der Waals surface area contributed by atoms with Crippen LogP contribution in [0.4, 0.5) is 0 Å². The van der Waals surface area contributed by atoms with E-state index >= 15 is 0 Å². The van der Waals surface area contributed by atoms with Crippen molar-refractivity contribution in [2.24, 2.45) is 5.92 Å². The SMILES string of the molecule is COC(=O)C(C)Sc1ccccc1C(=O)N1CCC(C(=O)N2CC(C)OC(C)C2)CC1. The zero-order chi connectivity index (χ0) is 22.5. The Morgan fingerprint density at radius 1 is 1.06 bits per heavy atom. The van der Waals surface area contributed by atoms with Gasteiger partial charge in [-0.05, 0) is 45.7 Å². The highest BCUT2D eigenvalue weighted by Gasteiger charge is 2.34.